The van der Waals surface area contributed by atoms with Crippen molar-refractivity contribution in [2.24, 2.45) is 0 Å². The van der Waals surface area contributed by atoms with Crippen LogP contribution in [0.25, 0.3) is 17.4 Å². The van der Waals surface area contributed by atoms with Gasteiger partial charge in [-0.25, -0.2) is 0 Å². The largest absolute Gasteiger partial charge is 0.497 e. The van der Waals surface area contributed by atoms with Crippen LogP contribution in [-0.4, -0.2) is 25.0 Å². The van der Waals surface area contributed by atoms with E-state index in [0.29, 0.717) is 32.9 Å². The van der Waals surface area contributed by atoms with Crippen LogP contribution in [0, 0.1) is 0 Å². The SMILES string of the molecule is COc1ccc(C(=O)N/C(=C/c2ccc(-c3ccc(Cl)c(Cl)c3)o2)C(=O)NC(C)C)cc1. The number of hydrogen-bond donors (Lipinski definition) is 2. The van der Waals surface area contributed by atoms with Gasteiger partial charge in [0.2, 0.25) is 0 Å². The van der Waals surface area contributed by atoms with Crippen molar-refractivity contribution in [2.45, 2.75) is 19.9 Å². The Kier molecular flexibility index (Phi) is 7.62. The van der Waals surface area contributed by atoms with Gasteiger partial charge in [-0.15, -0.1) is 0 Å². The Balaban J connectivity index is 1.87. The number of ether oxygens (including phenoxy) is 1. The fourth-order valence-electron chi connectivity index (χ4n) is 2.81. The molecule has 0 atom stereocenters. The second kappa shape index (κ2) is 10.4. The van der Waals surface area contributed by atoms with E-state index in [1.54, 1.807) is 61.7 Å². The molecular weight excluding hydrogens is 451 g/mol. The third kappa shape index (κ3) is 5.93. The van der Waals surface area contributed by atoms with E-state index in [2.05, 4.69) is 10.6 Å². The molecule has 2 N–H and O–H groups in total. The summed E-state index contributed by atoms with van der Waals surface area (Å²) < 4.78 is 11.0. The minimum atomic E-state index is -0.436. The standard InChI is InChI=1S/C24H22Cl2N2O4/c1-14(2)27-24(30)21(28-23(29)15-4-7-17(31-3)8-5-15)13-18-9-11-22(32-18)16-6-10-19(25)20(26)12-16/h4-14H,1-3H3,(H,27,30)(H,28,29)/b21-13+. The van der Waals surface area contributed by atoms with Gasteiger partial charge in [-0.2, -0.15) is 0 Å². The van der Waals surface area contributed by atoms with E-state index >= 15 is 0 Å². The van der Waals surface area contributed by atoms with Crippen LogP contribution in [0.5, 0.6) is 5.75 Å². The van der Waals surface area contributed by atoms with Crippen molar-refractivity contribution in [2.75, 3.05) is 7.11 Å². The highest BCUT2D eigenvalue weighted by atomic mass is 35.5. The zero-order valence-corrected chi connectivity index (χ0v) is 19.3. The summed E-state index contributed by atoms with van der Waals surface area (Å²) in [5.74, 6) is 0.679. The lowest BCUT2D eigenvalue weighted by Crippen LogP contribution is -2.38. The molecule has 0 radical (unpaired) electrons. The average molecular weight is 473 g/mol. The molecule has 6 nitrogen and oxygen atoms in total. The lowest BCUT2D eigenvalue weighted by atomic mass is 10.2. The molecule has 0 unspecified atom stereocenters. The molecule has 2 aromatic carbocycles. The van der Waals surface area contributed by atoms with Crippen molar-refractivity contribution in [3.05, 3.63) is 81.7 Å². The smallest absolute Gasteiger partial charge is 0.268 e. The predicted molar refractivity (Wildman–Crippen MR) is 126 cm³/mol. The Bertz CT molecular complexity index is 1150. The predicted octanol–water partition coefficient (Wildman–Crippen LogP) is 5.56. The number of amides is 2. The van der Waals surface area contributed by atoms with Crippen LogP contribution in [0.1, 0.15) is 30.0 Å². The Morgan fingerprint density at radius 1 is 1.00 bits per heavy atom. The van der Waals surface area contributed by atoms with Crippen LogP contribution in [0.4, 0.5) is 0 Å². The first-order valence-corrected chi connectivity index (χ1v) is 10.6. The molecule has 0 aliphatic heterocycles. The van der Waals surface area contributed by atoms with E-state index in [1.807, 2.05) is 13.8 Å². The maximum Gasteiger partial charge on any atom is 0.268 e. The Labute approximate surface area is 196 Å². The minimum Gasteiger partial charge on any atom is -0.497 e. The van der Waals surface area contributed by atoms with Gasteiger partial charge in [0.15, 0.2) is 0 Å². The van der Waals surface area contributed by atoms with Crippen molar-refractivity contribution < 1.29 is 18.7 Å². The van der Waals surface area contributed by atoms with Crippen molar-refractivity contribution in [3.8, 4) is 17.1 Å². The van der Waals surface area contributed by atoms with Crippen molar-refractivity contribution in [1.82, 2.24) is 10.6 Å². The second-order valence-electron chi connectivity index (χ2n) is 7.20. The number of hydrogen-bond acceptors (Lipinski definition) is 4. The molecule has 0 saturated carbocycles. The minimum absolute atomic E-state index is 0.0505. The first kappa shape index (κ1) is 23.4. The summed E-state index contributed by atoms with van der Waals surface area (Å²) in [7, 11) is 1.54. The fourth-order valence-corrected chi connectivity index (χ4v) is 3.11. The number of furan rings is 1. The van der Waals surface area contributed by atoms with Crippen LogP contribution in [0.2, 0.25) is 10.0 Å². The Morgan fingerprint density at radius 2 is 1.72 bits per heavy atom. The van der Waals surface area contributed by atoms with Gasteiger partial charge < -0.3 is 19.8 Å². The Morgan fingerprint density at radius 3 is 2.34 bits per heavy atom. The number of carbonyl (C=O) groups excluding carboxylic acids is 2. The molecule has 8 heteroatoms. The summed E-state index contributed by atoms with van der Waals surface area (Å²) >= 11 is 12.1. The third-order valence-electron chi connectivity index (χ3n) is 4.38. The summed E-state index contributed by atoms with van der Waals surface area (Å²) in [6, 6.07) is 15.0. The normalized spacial score (nSPS) is 11.4. The average Bonchev–Trinajstić information content (AvgIpc) is 3.23. The molecule has 0 saturated heterocycles. The summed E-state index contributed by atoms with van der Waals surface area (Å²) in [6.07, 6.45) is 1.47. The molecule has 1 aromatic heterocycles. The number of halogens is 2. The van der Waals surface area contributed by atoms with Crippen LogP contribution < -0.4 is 15.4 Å². The van der Waals surface area contributed by atoms with Gasteiger partial charge in [0.1, 0.15) is 23.0 Å². The zero-order valence-electron chi connectivity index (χ0n) is 17.7. The van der Waals surface area contributed by atoms with E-state index < -0.39 is 11.8 Å². The van der Waals surface area contributed by atoms with E-state index in [9.17, 15) is 9.59 Å². The first-order valence-electron chi connectivity index (χ1n) is 9.80. The number of carbonyl (C=O) groups is 2. The van der Waals surface area contributed by atoms with Crippen molar-refractivity contribution >= 4 is 41.1 Å². The van der Waals surface area contributed by atoms with E-state index in [4.69, 9.17) is 32.4 Å². The second-order valence-corrected chi connectivity index (χ2v) is 8.01. The number of rotatable bonds is 7. The Hall–Kier alpha value is -3.22. The van der Waals surface area contributed by atoms with Gasteiger partial charge in [0.25, 0.3) is 11.8 Å². The van der Waals surface area contributed by atoms with Gasteiger partial charge >= 0.3 is 0 Å². The van der Waals surface area contributed by atoms with E-state index in [1.165, 1.54) is 6.08 Å². The molecule has 0 bridgehead atoms. The third-order valence-corrected chi connectivity index (χ3v) is 5.12. The molecule has 166 valence electrons. The van der Waals surface area contributed by atoms with Gasteiger partial charge in [-0.3, -0.25) is 9.59 Å². The molecule has 3 rings (SSSR count). The summed E-state index contributed by atoms with van der Waals surface area (Å²) in [6.45, 7) is 3.66. The van der Waals surface area contributed by atoms with Gasteiger partial charge in [0.05, 0.1) is 17.2 Å². The number of methoxy groups -OCH3 is 1. The van der Waals surface area contributed by atoms with Crippen molar-refractivity contribution in [3.63, 3.8) is 0 Å². The highest BCUT2D eigenvalue weighted by molar-refractivity contribution is 6.42. The topological polar surface area (TPSA) is 80.6 Å². The van der Waals surface area contributed by atoms with Crippen LogP contribution >= 0.6 is 23.2 Å². The number of benzene rings is 2. The zero-order chi connectivity index (χ0) is 23.3. The monoisotopic (exact) mass is 472 g/mol. The van der Waals surface area contributed by atoms with E-state index in [0.717, 1.165) is 5.56 Å². The van der Waals surface area contributed by atoms with Gasteiger partial charge in [0, 0.05) is 23.2 Å². The molecule has 0 aliphatic carbocycles. The van der Waals surface area contributed by atoms with Gasteiger partial charge in [-0.1, -0.05) is 23.2 Å². The van der Waals surface area contributed by atoms with Gasteiger partial charge in [-0.05, 0) is 68.4 Å². The van der Waals surface area contributed by atoms with Crippen LogP contribution in [-0.2, 0) is 4.79 Å². The molecular formula is C24H22Cl2N2O4. The van der Waals surface area contributed by atoms with Crippen LogP contribution in [0.15, 0.2) is 64.7 Å². The molecule has 1 heterocycles. The molecule has 0 spiro atoms. The lowest BCUT2D eigenvalue weighted by Gasteiger charge is -2.13. The highest BCUT2D eigenvalue weighted by Gasteiger charge is 2.17. The molecule has 0 fully saturated rings. The summed E-state index contributed by atoms with van der Waals surface area (Å²) in [5, 5.41) is 6.28. The molecule has 2 amide bonds. The quantitative estimate of drug-likeness (QED) is 0.441. The fraction of sp³-hybridized carbons (Fsp3) is 0.167. The van der Waals surface area contributed by atoms with E-state index in [-0.39, 0.29) is 11.7 Å². The highest BCUT2D eigenvalue weighted by Crippen LogP contribution is 2.30. The van der Waals surface area contributed by atoms with Crippen LogP contribution in [0.3, 0.4) is 0 Å². The summed E-state index contributed by atoms with van der Waals surface area (Å²) in [5.41, 5.74) is 1.16. The molecule has 32 heavy (non-hydrogen) atoms. The molecule has 0 aliphatic rings. The number of nitrogens with one attached hydrogen (secondary N) is 2. The molecule has 3 aromatic rings. The van der Waals surface area contributed by atoms with Crippen molar-refractivity contribution in [1.29, 1.82) is 0 Å². The maximum atomic E-state index is 12.7. The first-order chi connectivity index (χ1) is 15.3. The maximum absolute atomic E-state index is 12.7. The lowest BCUT2D eigenvalue weighted by molar-refractivity contribution is -0.118. The summed E-state index contributed by atoms with van der Waals surface area (Å²) in [4.78, 5) is 25.4.